The lowest BCUT2D eigenvalue weighted by Crippen LogP contribution is -2.50. The molecule has 0 aliphatic heterocycles. The first-order valence-corrected chi connectivity index (χ1v) is 9.95. The third kappa shape index (κ3) is 6.34. The molecule has 2 amide bonds. The maximum absolute atomic E-state index is 12.6. The number of aromatic nitrogens is 1. The van der Waals surface area contributed by atoms with E-state index in [4.69, 9.17) is 4.52 Å². The van der Waals surface area contributed by atoms with Crippen LogP contribution in [0.25, 0.3) is 0 Å². The number of carbonyl (C=O) groups is 2. The van der Waals surface area contributed by atoms with Crippen LogP contribution < -0.4 is 10.6 Å². The first kappa shape index (κ1) is 21.4. The summed E-state index contributed by atoms with van der Waals surface area (Å²) >= 11 is 0. The minimum atomic E-state index is -1.19. The lowest BCUT2D eigenvalue weighted by atomic mass is 9.88. The monoisotopic (exact) mass is 379 g/mol. The van der Waals surface area contributed by atoms with E-state index in [1.807, 2.05) is 6.92 Å². The molecule has 1 aliphatic rings. The summed E-state index contributed by atoms with van der Waals surface area (Å²) in [6.45, 7) is 7.24. The maximum Gasteiger partial charge on any atom is 0.250 e. The SMILES string of the molecule is CCCC(NC(=O)C(O)C(C)(C)C)C(=O)Nc1cc(CC2CCCC2)no1. The van der Waals surface area contributed by atoms with Crippen LogP contribution in [0.15, 0.2) is 10.6 Å². The number of hydrogen-bond acceptors (Lipinski definition) is 5. The Morgan fingerprint density at radius 2 is 1.96 bits per heavy atom. The van der Waals surface area contributed by atoms with Crippen LogP contribution in [-0.2, 0) is 16.0 Å². The van der Waals surface area contributed by atoms with Gasteiger partial charge in [0.1, 0.15) is 12.1 Å². The van der Waals surface area contributed by atoms with Gasteiger partial charge in [0.2, 0.25) is 17.7 Å². The molecule has 2 unspecified atom stereocenters. The van der Waals surface area contributed by atoms with Gasteiger partial charge in [-0.15, -0.1) is 0 Å². The highest BCUT2D eigenvalue weighted by Crippen LogP contribution is 2.28. The van der Waals surface area contributed by atoms with E-state index < -0.39 is 23.5 Å². The fraction of sp³-hybridized carbons (Fsp3) is 0.750. The number of hydrogen-bond donors (Lipinski definition) is 3. The van der Waals surface area contributed by atoms with Gasteiger partial charge in [0.25, 0.3) is 0 Å². The molecular weight excluding hydrogens is 346 g/mol. The highest BCUT2D eigenvalue weighted by molar-refractivity contribution is 5.96. The van der Waals surface area contributed by atoms with Crippen LogP contribution in [0.4, 0.5) is 5.88 Å². The smallest absolute Gasteiger partial charge is 0.250 e. The summed E-state index contributed by atoms with van der Waals surface area (Å²) in [4.78, 5) is 24.8. The van der Waals surface area contributed by atoms with Crippen LogP contribution in [0.5, 0.6) is 0 Å². The van der Waals surface area contributed by atoms with Gasteiger partial charge in [-0.25, -0.2) is 0 Å². The molecular formula is C20H33N3O4. The van der Waals surface area contributed by atoms with Crippen molar-refractivity contribution in [2.75, 3.05) is 5.32 Å². The molecule has 1 saturated carbocycles. The van der Waals surface area contributed by atoms with Gasteiger partial charge in [-0.3, -0.25) is 14.9 Å². The minimum Gasteiger partial charge on any atom is -0.383 e. The van der Waals surface area contributed by atoms with E-state index in [9.17, 15) is 14.7 Å². The predicted molar refractivity (Wildman–Crippen MR) is 103 cm³/mol. The molecule has 152 valence electrons. The molecule has 1 heterocycles. The fourth-order valence-corrected chi connectivity index (χ4v) is 3.39. The van der Waals surface area contributed by atoms with Gasteiger partial charge in [0, 0.05) is 6.07 Å². The average molecular weight is 380 g/mol. The van der Waals surface area contributed by atoms with E-state index in [1.165, 1.54) is 25.7 Å². The summed E-state index contributed by atoms with van der Waals surface area (Å²) < 4.78 is 5.24. The predicted octanol–water partition coefficient (Wildman–Crippen LogP) is 3.04. The maximum atomic E-state index is 12.6. The van der Waals surface area contributed by atoms with E-state index in [0.717, 1.165) is 12.1 Å². The van der Waals surface area contributed by atoms with Crippen molar-refractivity contribution in [1.82, 2.24) is 10.5 Å². The van der Waals surface area contributed by atoms with Crippen LogP contribution in [0.3, 0.4) is 0 Å². The second kappa shape index (κ2) is 9.35. The van der Waals surface area contributed by atoms with Crippen molar-refractivity contribution in [2.24, 2.45) is 11.3 Å². The quantitative estimate of drug-likeness (QED) is 0.644. The second-order valence-electron chi connectivity index (χ2n) is 8.64. The lowest BCUT2D eigenvalue weighted by molar-refractivity contribution is -0.137. The molecule has 0 spiro atoms. The molecule has 0 aromatic carbocycles. The zero-order valence-corrected chi connectivity index (χ0v) is 16.9. The van der Waals surface area contributed by atoms with Gasteiger partial charge in [-0.05, 0) is 24.2 Å². The normalized spacial score (nSPS) is 17.5. The highest BCUT2D eigenvalue weighted by Gasteiger charge is 2.32. The van der Waals surface area contributed by atoms with Crippen molar-refractivity contribution in [1.29, 1.82) is 0 Å². The van der Waals surface area contributed by atoms with Gasteiger partial charge in [0.05, 0.1) is 5.69 Å². The number of nitrogens with zero attached hydrogens (tertiary/aromatic N) is 1. The third-order valence-electron chi connectivity index (χ3n) is 5.06. The number of rotatable bonds is 8. The molecule has 1 aliphatic carbocycles. The van der Waals surface area contributed by atoms with Gasteiger partial charge in [0.15, 0.2) is 0 Å². The number of carbonyl (C=O) groups excluding carboxylic acids is 2. The Bertz CT molecular complexity index is 629. The Morgan fingerprint density at radius 3 is 2.56 bits per heavy atom. The molecule has 1 aromatic rings. The number of nitrogens with one attached hydrogen (secondary N) is 2. The van der Waals surface area contributed by atoms with E-state index in [0.29, 0.717) is 24.6 Å². The zero-order valence-electron chi connectivity index (χ0n) is 16.9. The van der Waals surface area contributed by atoms with Crippen molar-refractivity contribution in [3.05, 3.63) is 11.8 Å². The summed E-state index contributed by atoms with van der Waals surface area (Å²) in [7, 11) is 0. The van der Waals surface area contributed by atoms with Crippen LogP contribution in [0.1, 0.15) is 71.9 Å². The number of anilines is 1. The third-order valence-corrected chi connectivity index (χ3v) is 5.06. The van der Waals surface area contributed by atoms with E-state index >= 15 is 0 Å². The van der Waals surface area contributed by atoms with Gasteiger partial charge in [-0.1, -0.05) is 65.0 Å². The molecule has 7 heteroatoms. The number of aliphatic hydroxyl groups is 1. The Kier molecular flexibility index (Phi) is 7.41. The first-order chi connectivity index (χ1) is 12.7. The van der Waals surface area contributed by atoms with E-state index in [-0.39, 0.29) is 5.91 Å². The Morgan fingerprint density at radius 1 is 1.30 bits per heavy atom. The highest BCUT2D eigenvalue weighted by atomic mass is 16.5. The van der Waals surface area contributed by atoms with Gasteiger partial charge < -0.3 is 14.9 Å². The van der Waals surface area contributed by atoms with Gasteiger partial charge >= 0.3 is 0 Å². The molecule has 2 atom stereocenters. The fourth-order valence-electron chi connectivity index (χ4n) is 3.39. The molecule has 0 saturated heterocycles. The summed E-state index contributed by atoms with van der Waals surface area (Å²) in [5.74, 6) is 0.0230. The Hall–Kier alpha value is -1.89. The zero-order chi connectivity index (χ0) is 20.0. The first-order valence-electron chi connectivity index (χ1n) is 9.95. The molecule has 2 rings (SSSR count). The Balaban J connectivity index is 1.94. The van der Waals surface area contributed by atoms with Crippen molar-refractivity contribution in [3.8, 4) is 0 Å². The van der Waals surface area contributed by atoms with Crippen molar-refractivity contribution in [2.45, 2.75) is 84.8 Å². The van der Waals surface area contributed by atoms with Crippen LogP contribution in [-0.4, -0.2) is 34.2 Å². The molecule has 0 bridgehead atoms. The second-order valence-corrected chi connectivity index (χ2v) is 8.64. The average Bonchev–Trinajstić information content (AvgIpc) is 3.25. The molecule has 1 fully saturated rings. The van der Waals surface area contributed by atoms with Crippen LogP contribution in [0, 0.1) is 11.3 Å². The Labute approximate surface area is 161 Å². The summed E-state index contributed by atoms with van der Waals surface area (Å²) in [6, 6.07) is 1.02. The van der Waals surface area contributed by atoms with Gasteiger partial charge in [-0.2, -0.15) is 0 Å². The van der Waals surface area contributed by atoms with Crippen molar-refractivity contribution < 1.29 is 19.2 Å². The summed E-state index contributed by atoms with van der Waals surface area (Å²) in [6.07, 6.45) is 5.84. The minimum absolute atomic E-state index is 0.291. The lowest BCUT2D eigenvalue weighted by Gasteiger charge is -2.26. The molecule has 7 nitrogen and oxygen atoms in total. The summed E-state index contributed by atoms with van der Waals surface area (Å²) in [5.41, 5.74) is 0.244. The molecule has 27 heavy (non-hydrogen) atoms. The topological polar surface area (TPSA) is 104 Å². The van der Waals surface area contributed by atoms with Crippen molar-refractivity contribution in [3.63, 3.8) is 0 Å². The van der Waals surface area contributed by atoms with E-state index in [1.54, 1.807) is 26.8 Å². The van der Waals surface area contributed by atoms with Crippen molar-refractivity contribution >= 4 is 17.7 Å². The number of amides is 2. The van der Waals surface area contributed by atoms with Crippen LogP contribution >= 0.6 is 0 Å². The standard InChI is InChI=1S/C20H33N3O4/c1-5-8-15(21-19(26)17(24)20(2,3)4)18(25)22-16-12-14(23-27-16)11-13-9-6-7-10-13/h12-13,15,17,24H,5-11H2,1-4H3,(H,21,26)(H,22,25). The largest absolute Gasteiger partial charge is 0.383 e. The molecule has 3 N–H and O–H groups in total. The molecule has 1 aromatic heterocycles. The summed E-state index contributed by atoms with van der Waals surface area (Å²) in [5, 5.41) is 19.5. The molecule has 0 radical (unpaired) electrons. The number of aliphatic hydroxyl groups excluding tert-OH is 1. The van der Waals surface area contributed by atoms with E-state index in [2.05, 4.69) is 15.8 Å². The van der Waals surface area contributed by atoms with Crippen LogP contribution in [0.2, 0.25) is 0 Å².